The first kappa shape index (κ1) is 17.1. The van der Waals surface area contributed by atoms with Gasteiger partial charge in [-0.05, 0) is 36.2 Å². The highest BCUT2D eigenvalue weighted by Gasteiger charge is 2.34. The summed E-state index contributed by atoms with van der Waals surface area (Å²) in [6, 6.07) is 13.6. The molecule has 0 unspecified atom stereocenters. The fourth-order valence-corrected chi connectivity index (χ4v) is 3.14. The number of hydrogen-bond acceptors (Lipinski definition) is 2. The molecule has 5 heteroatoms. The minimum absolute atomic E-state index is 0.0763. The Labute approximate surface area is 146 Å². The van der Waals surface area contributed by atoms with Crippen LogP contribution in [0.4, 0.5) is 15.8 Å². The molecule has 0 bridgehead atoms. The Morgan fingerprint density at radius 2 is 2.00 bits per heavy atom. The third kappa shape index (κ3) is 3.71. The lowest BCUT2D eigenvalue weighted by atomic mass is 9.89. The number of anilines is 2. The fraction of sp³-hybridized carbons (Fsp3) is 0.300. The van der Waals surface area contributed by atoms with Crippen molar-refractivity contribution in [3.63, 3.8) is 0 Å². The zero-order valence-electron chi connectivity index (χ0n) is 14.2. The van der Waals surface area contributed by atoms with Crippen LogP contribution in [0.2, 0.25) is 0 Å². The van der Waals surface area contributed by atoms with E-state index in [9.17, 15) is 14.0 Å². The Balaban J connectivity index is 1.96. The van der Waals surface area contributed by atoms with E-state index in [0.717, 1.165) is 18.5 Å². The maximum absolute atomic E-state index is 13.5. The van der Waals surface area contributed by atoms with E-state index in [1.54, 1.807) is 11.0 Å². The van der Waals surface area contributed by atoms with Crippen molar-refractivity contribution in [2.24, 2.45) is 0 Å². The Bertz CT molecular complexity index is 777. The second-order valence-corrected chi connectivity index (χ2v) is 6.22. The van der Waals surface area contributed by atoms with Gasteiger partial charge in [-0.3, -0.25) is 9.59 Å². The first-order chi connectivity index (χ1) is 12.1. The number of nitrogens with one attached hydrogen (secondary N) is 1. The minimum atomic E-state index is -0.596. The second-order valence-electron chi connectivity index (χ2n) is 6.22. The van der Waals surface area contributed by atoms with Crippen molar-refractivity contribution in [1.82, 2.24) is 0 Å². The van der Waals surface area contributed by atoms with Gasteiger partial charge in [-0.2, -0.15) is 0 Å². The van der Waals surface area contributed by atoms with Crippen LogP contribution in [0.3, 0.4) is 0 Å². The molecule has 3 rings (SSSR count). The number of carbonyl (C=O) groups excluding carboxylic acids is 2. The summed E-state index contributed by atoms with van der Waals surface area (Å²) in [5.74, 6) is -1.42. The first-order valence-corrected chi connectivity index (χ1v) is 8.56. The van der Waals surface area contributed by atoms with Crippen molar-refractivity contribution < 1.29 is 14.0 Å². The monoisotopic (exact) mass is 340 g/mol. The van der Waals surface area contributed by atoms with Gasteiger partial charge >= 0.3 is 0 Å². The van der Waals surface area contributed by atoms with Gasteiger partial charge in [-0.15, -0.1) is 0 Å². The first-order valence-electron chi connectivity index (χ1n) is 8.56. The Kier molecular flexibility index (Phi) is 5.12. The average Bonchev–Trinajstić information content (AvgIpc) is 2.61. The van der Waals surface area contributed by atoms with Crippen molar-refractivity contribution in [3.8, 4) is 0 Å². The van der Waals surface area contributed by atoms with E-state index in [4.69, 9.17) is 0 Å². The molecule has 0 aliphatic carbocycles. The summed E-state index contributed by atoms with van der Waals surface area (Å²) in [6.07, 6.45) is 1.91. The van der Waals surface area contributed by atoms with Crippen LogP contribution in [0.25, 0.3) is 0 Å². The number of fused-ring (bicyclic) bond motifs is 1. The number of hydrogen-bond donors (Lipinski definition) is 1. The number of nitrogens with zero attached hydrogens (tertiary/aromatic N) is 1. The van der Waals surface area contributed by atoms with E-state index in [1.807, 2.05) is 30.3 Å². The predicted molar refractivity (Wildman–Crippen MR) is 96.1 cm³/mol. The Morgan fingerprint density at radius 3 is 2.72 bits per heavy atom. The molecule has 2 aromatic carbocycles. The molecule has 0 aromatic heterocycles. The van der Waals surface area contributed by atoms with Gasteiger partial charge in [0.15, 0.2) is 0 Å². The maximum Gasteiger partial charge on any atom is 0.235 e. The highest BCUT2D eigenvalue weighted by atomic mass is 19.1. The average molecular weight is 340 g/mol. The van der Waals surface area contributed by atoms with Crippen molar-refractivity contribution in [2.45, 2.75) is 32.1 Å². The summed E-state index contributed by atoms with van der Waals surface area (Å²) in [7, 11) is 0. The molecule has 1 heterocycles. The minimum Gasteiger partial charge on any atom is -0.326 e. The molecule has 0 saturated heterocycles. The molecule has 0 spiro atoms. The summed E-state index contributed by atoms with van der Waals surface area (Å²) in [6.45, 7) is 2.66. The zero-order chi connectivity index (χ0) is 17.8. The molecular formula is C20H21FN2O2. The molecule has 1 aliphatic heterocycles. The number of rotatable bonds is 5. The standard InChI is InChI=1S/C20H21FN2O2/c1-2-3-11-23(15-7-5-4-6-8-15)20(25)17-13-19(24)22-18-12-14(21)9-10-16(17)18/h4-10,12,17H,2-3,11,13H2,1H3,(H,22,24)/t17-/m1/s1. The van der Waals surface area contributed by atoms with Crippen molar-refractivity contribution in [3.05, 3.63) is 59.9 Å². The number of carbonyl (C=O) groups is 2. The SMILES string of the molecule is CCCCN(C(=O)[C@@H]1CC(=O)Nc2cc(F)ccc21)c1ccccc1. The summed E-state index contributed by atoms with van der Waals surface area (Å²) >= 11 is 0. The molecule has 0 fully saturated rings. The van der Waals surface area contributed by atoms with E-state index in [2.05, 4.69) is 12.2 Å². The van der Waals surface area contributed by atoms with Crippen LogP contribution in [-0.4, -0.2) is 18.4 Å². The van der Waals surface area contributed by atoms with Gasteiger partial charge in [0, 0.05) is 24.3 Å². The van der Waals surface area contributed by atoms with E-state index >= 15 is 0 Å². The molecule has 0 radical (unpaired) electrons. The second kappa shape index (κ2) is 7.47. The molecule has 130 valence electrons. The topological polar surface area (TPSA) is 49.4 Å². The van der Waals surface area contributed by atoms with Gasteiger partial charge in [-0.25, -0.2) is 4.39 Å². The smallest absolute Gasteiger partial charge is 0.235 e. The van der Waals surface area contributed by atoms with E-state index < -0.39 is 11.7 Å². The van der Waals surface area contributed by atoms with Crippen molar-refractivity contribution >= 4 is 23.2 Å². The van der Waals surface area contributed by atoms with Crippen LogP contribution in [0.1, 0.15) is 37.7 Å². The molecular weight excluding hydrogens is 319 g/mol. The lowest BCUT2D eigenvalue weighted by molar-refractivity contribution is -0.124. The third-order valence-corrected chi connectivity index (χ3v) is 4.42. The normalized spacial score (nSPS) is 16.1. The van der Waals surface area contributed by atoms with Crippen LogP contribution in [-0.2, 0) is 9.59 Å². The van der Waals surface area contributed by atoms with Crippen LogP contribution < -0.4 is 10.2 Å². The predicted octanol–water partition coefficient (Wildman–Crippen LogP) is 4.08. The van der Waals surface area contributed by atoms with E-state index in [0.29, 0.717) is 17.8 Å². The molecule has 4 nitrogen and oxygen atoms in total. The van der Waals surface area contributed by atoms with Gasteiger partial charge < -0.3 is 10.2 Å². The van der Waals surface area contributed by atoms with Gasteiger partial charge in [0.2, 0.25) is 11.8 Å². The lowest BCUT2D eigenvalue weighted by Gasteiger charge is -2.31. The summed E-state index contributed by atoms with van der Waals surface area (Å²) < 4.78 is 13.5. The van der Waals surface area contributed by atoms with Gasteiger partial charge in [0.05, 0.1) is 5.92 Å². The largest absolute Gasteiger partial charge is 0.326 e. The summed E-state index contributed by atoms with van der Waals surface area (Å²) in [5, 5.41) is 2.66. The number of halogens is 1. The molecule has 25 heavy (non-hydrogen) atoms. The number of benzene rings is 2. The molecule has 2 aromatic rings. The molecule has 1 N–H and O–H groups in total. The van der Waals surface area contributed by atoms with Crippen molar-refractivity contribution in [1.29, 1.82) is 0 Å². The molecule has 2 amide bonds. The summed E-state index contributed by atoms with van der Waals surface area (Å²) in [4.78, 5) is 27.0. The quantitative estimate of drug-likeness (QED) is 0.891. The van der Waals surface area contributed by atoms with Crippen LogP contribution in [0.5, 0.6) is 0 Å². The van der Waals surface area contributed by atoms with Crippen LogP contribution in [0.15, 0.2) is 48.5 Å². The Hall–Kier alpha value is -2.69. The fourth-order valence-electron chi connectivity index (χ4n) is 3.14. The van der Waals surface area contributed by atoms with Gasteiger partial charge in [0.1, 0.15) is 5.82 Å². The van der Waals surface area contributed by atoms with E-state index in [-0.39, 0.29) is 18.2 Å². The number of amides is 2. The molecule has 1 atom stereocenters. The van der Waals surface area contributed by atoms with Crippen molar-refractivity contribution in [2.75, 3.05) is 16.8 Å². The van der Waals surface area contributed by atoms with Gasteiger partial charge in [0.25, 0.3) is 0 Å². The summed E-state index contributed by atoms with van der Waals surface area (Å²) in [5.41, 5.74) is 1.87. The highest BCUT2D eigenvalue weighted by Crippen LogP contribution is 2.35. The highest BCUT2D eigenvalue weighted by molar-refractivity contribution is 6.06. The van der Waals surface area contributed by atoms with E-state index in [1.165, 1.54) is 12.1 Å². The van der Waals surface area contributed by atoms with Gasteiger partial charge in [-0.1, -0.05) is 37.6 Å². The Morgan fingerprint density at radius 1 is 1.24 bits per heavy atom. The third-order valence-electron chi connectivity index (χ3n) is 4.42. The lowest BCUT2D eigenvalue weighted by Crippen LogP contribution is -2.39. The molecule has 1 aliphatic rings. The number of unbranched alkanes of at least 4 members (excludes halogenated alkanes) is 1. The maximum atomic E-state index is 13.5. The van der Waals surface area contributed by atoms with Crippen LogP contribution >= 0.6 is 0 Å². The number of para-hydroxylation sites is 1. The zero-order valence-corrected chi connectivity index (χ0v) is 14.2. The molecule has 0 saturated carbocycles. The van der Waals surface area contributed by atoms with Crippen LogP contribution in [0, 0.1) is 5.82 Å².